The Bertz CT molecular complexity index is 1270. The molecule has 5 N–H and O–H groups in total. The molecule has 0 saturated heterocycles. The number of ether oxygens (including phenoxy) is 1. The van der Waals surface area contributed by atoms with Gasteiger partial charge in [0, 0.05) is 18.0 Å². The summed E-state index contributed by atoms with van der Waals surface area (Å²) in [6, 6.07) is 23.2. The molecule has 0 saturated carbocycles. The number of phenolic OH excluding ortho intramolecular Hbond substituents is 1. The van der Waals surface area contributed by atoms with Crippen molar-refractivity contribution in [1.29, 1.82) is 0 Å². The molecule has 4 aromatic rings. The Balaban J connectivity index is 1.24. The van der Waals surface area contributed by atoms with Crippen molar-refractivity contribution < 1.29 is 20.1 Å². The Kier molecular flexibility index (Phi) is 7.59. The molecular weight excluding hydrogens is 432 g/mol. The second-order valence-electron chi connectivity index (χ2n) is 8.14. The van der Waals surface area contributed by atoms with Crippen LogP contribution in [0, 0.1) is 0 Å². The molecule has 34 heavy (non-hydrogen) atoms. The zero-order chi connectivity index (χ0) is 23.9. The van der Waals surface area contributed by atoms with Crippen LogP contribution in [0.2, 0.25) is 0 Å². The second kappa shape index (κ2) is 11.0. The molecule has 2 atom stereocenters. The van der Waals surface area contributed by atoms with Crippen LogP contribution >= 0.6 is 0 Å². The van der Waals surface area contributed by atoms with E-state index in [0.717, 1.165) is 17.5 Å². The van der Waals surface area contributed by atoms with Crippen LogP contribution in [0.25, 0.3) is 10.9 Å². The van der Waals surface area contributed by atoms with E-state index in [4.69, 9.17) is 4.74 Å². The number of hydrogen-bond donors (Lipinski definition) is 5. The van der Waals surface area contributed by atoms with Gasteiger partial charge in [-0.15, -0.1) is 0 Å². The number of aromatic amines is 1. The summed E-state index contributed by atoms with van der Waals surface area (Å²) < 4.78 is 5.70. The molecule has 1 unspecified atom stereocenters. The molecule has 0 fully saturated rings. The van der Waals surface area contributed by atoms with E-state index in [1.54, 1.807) is 12.1 Å². The Morgan fingerprint density at radius 1 is 0.882 bits per heavy atom. The van der Waals surface area contributed by atoms with Crippen molar-refractivity contribution in [2.45, 2.75) is 18.6 Å². The first-order valence-corrected chi connectivity index (χ1v) is 11.2. The van der Waals surface area contributed by atoms with E-state index in [1.165, 1.54) is 12.1 Å². The molecule has 0 bridgehead atoms. The number of fused-ring (bicyclic) bond motifs is 1. The van der Waals surface area contributed by atoms with Crippen molar-refractivity contribution >= 4 is 10.9 Å². The van der Waals surface area contributed by atoms with Gasteiger partial charge in [-0.05, 0) is 53.9 Å². The second-order valence-corrected chi connectivity index (χ2v) is 8.14. The Morgan fingerprint density at radius 3 is 2.41 bits per heavy atom. The molecule has 0 aliphatic rings. The van der Waals surface area contributed by atoms with Crippen molar-refractivity contribution in [2.75, 3.05) is 19.7 Å². The van der Waals surface area contributed by atoms with Gasteiger partial charge in [0.1, 0.15) is 24.2 Å². The van der Waals surface area contributed by atoms with Gasteiger partial charge in [0.05, 0.1) is 11.6 Å². The van der Waals surface area contributed by atoms with Crippen LogP contribution in [-0.4, -0.2) is 40.0 Å². The summed E-state index contributed by atoms with van der Waals surface area (Å²) in [5, 5.41) is 34.7. The molecule has 1 heterocycles. The van der Waals surface area contributed by atoms with Crippen molar-refractivity contribution in [2.24, 2.45) is 0 Å². The van der Waals surface area contributed by atoms with Crippen molar-refractivity contribution in [3.63, 3.8) is 0 Å². The average Bonchev–Trinajstić information content (AvgIpc) is 2.87. The van der Waals surface area contributed by atoms with E-state index in [2.05, 4.69) is 10.3 Å². The van der Waals surface area contributed by atoms with E-state index in [0.29, 0.717) is 35.3 Å². The molecule has 4 rings (SSSR count). The highest BCUT2D eigenvalue weighted by molar-refractivity contribution is 5.87. The largest absolute Gasteiger partial charge is 0.506 e. The minimum atomic E-state index is -0.791. The van der Waals surface area contributed by atoms with E-state index < -0.39 is 12.2 Å². The highest BCUT2D eigenvalue weighted by Gasteiger charge is 2.14. The number of aliphatic hydroxyl groups is 2. The van der Waals surface area contributed by atoms with E-state index in [9.17, 15) is 20.1 Å². The molecule has 0 amide bonds. The number of aromatic hydroxyl groups is 1. The standard InChI is InChI=1S/C27H28N2O5/c30-23-12-10-21(22-11-13-26(33)29-27(22)23)24(31)16-28-15-14-18-6-8-20(9-7-18)34-17-25(32)19-4-2-1-3-5-19/h1-13,24-25,28,30-32H,14-17H2,(H,29,33)/t24-,25?/m0/s1. The number of phenols is 1. The van der Waals surface area contributed by atoms with Crippen LogP contribution in [0.4, 0.5) is 0 Å². The Hall–Kier alpha value is -3.65. The van der Waals surface area contributed by atoms with Crippen LogP contribution < -0.4 is 15.6 Å². The lowest BCUT2D eigenvalue weighted by atomic mass is 10.0. The van der Waals surface area contributed by atoms with Crippen molar-refractivity contribution in [3.05, 3.63) is 106 Å². The summed E-state index contributed by atoms with van der Waals surface area (Å²) in [5.41, 5.74) is 2.58. The third kappa shape index (κ3) is 5.82. The van der Waals surface area contributed by atoms with Gasteiger partial charge in [0.2, 0.25) is 5.56 Å². The highest BCUT2D eigenvalue weighted by Crippen LogP contribution is 2.28. The summed E-state index contributed by atoms with van der Waals surface area (Å²) in [6.07, 6.45) is -0.702. The molecule has 0 aliphatic carbocycles. The lowest BCUT2D eigenvalue weighted by Crippen LogP contribution is -2.24. The topological polar surface area (TPSA) is 115 Å². The van der Waals surface area contributed by atoms with Gasteiger partial charge >= 0.3 is 0 Å². The monoisotopic (exact) mass is 460 g/mol. The third-order valence-corrected chi connectivity index (χ3v) is 5.71. The number of rotatable bonds is 10. The lowest BCUT2D eigenvalue weighted by molar-refractivity contribution is 0.108. The number of pyridine rings is 1. The summed E-state index contributed by atoms with van der Waals surface area (Å²) in [5.74, 6) is 0.665. The van der Waals surface area contributed by atoms with Gasteiger partial charge in [-0.2, -0.15) is 0 Å². The maximum Gasteiger partial charge on any atom is 0.248 e. The molecule has 176 valence electrons. The van der Waals surface area contributed by atoms with Crippen LogP contribution in [-0.2, 0) is 6.42 Å². The van der Waals surface area contributed by atoms with Gasteiger partial charge in [0.25, 0.3) is 0 Å². The number of aliphatic hydroxyl groups excluding tert-OH is 2. The fourth-order valence-electron chi connectivity index (χ4n) is 3.83. The average molecular weight is 461 g/mol. The summed E-state index contributed by atoms with van der Waals surface area (Å²) in [7, 11) is 0. The van der Waals surface area contributed by atoms with Crippen LogP contribution in [0.5, 0.6) is 11.5 Å². The third-order valence-electron chi connectivity index (χ3n) is 5.71. The van der Waals surface area contributed by atoms with E-state index >= 15 is 0 Å². The number of benzene rings is 3. The molecule has 0 aliphatic heterocycles. The molecule has 1 aromatic heterocycles. The van der Waals surface area contributed by atoms with Gasteiger partial charge in [0.15, 0.2) is 0 Å². The first kappa shape index (κ1) is 23.5. The SMILES string of the molecule is O=c1ccc2c([C@@H](O)CNCCc3ccc(OCC(O)c4ccccc4)cc3)ccc(O)c2[nH]1. The first-order chi connectivity index (χ1) is 16.5. The minimum Gasteiger partial charge on any atom is -0.506 e. The maximum atomic E-state index is 11.5. The first-order valence-electron chi connectivity index (χ1n) is 11.2. The van der Waals surface area contributed by atoms with E-state index in [-0.39, 0.29) is 17.9 Å². The number of hydrogen-bond acceptors (Lipinski definition) is 6. The smallest absolute Gasteiger partial charge is 0.248 e. The zero-order valence-electron chi connectivity index (χ0n) is 18.6. The molecule has 0 spiro atoms. The van der Waals surface area contributed by atoms with Crippen molar-refractivity contribution in [1.82, 2.24) is 10.3 Å². The van der Waals surface area contributed by atoms with Crippen LogP contribution in [0.3, 0.4) is 0 Å². The fourth-order valence-corrected chi connectivity index (χ4v) is 3.83. The van der Waals surface area contributed by atoms with Gasteiger partial charge in [-0.25, -0.2) is 0 Å². The Morgan fingerprint density at radius 2 is 1.65 bits per heavy atom. The number of H-pyrrole nitrogens is 1. The molecule has 7 heteroatoms. The fraction of sp³-hybridized carbons (Fsp3) is 0.222. The normalized spacial score (nSPS) is 13.0. The molecule has 7 nitrogen and oxygen atoms in total. The van der Waals surface area contributed by atoms with Crippen LogP contribution in [0.15, 0.2) is 83.7 Å². The molecule has 3 aromatic carbocycles. The molecule has 0 radical (unpaired) electrons. The van der Waals surface area contributed by atoms with Gasteiger partial charge in [-0.3, -0.25) is 4.79 Å². The maximum absolute atomic E-state index is 11.5. The van der Waals surface area contributed by atoms with E-state index in [1.807, 2.05) is 54.6 Å². The van der Waals surface area contributed by atoms with Gasteiger partial charge < -0.3 is 30.4 Å². The minimum absolute atomic E-state index is 0.0291. The zero-order valence-corrected chi connectivity index (χ0v) is 18.6. The van der Waals surface area contributed by atoms with Gasteiger partial charge in [-0.1, -0.05) is 48.5 Å². The summed E-state index contributed by atoms with van der Waals surface area (Å²) in [4.78, 5) is 14.2. The quantitative estimate of drug-likeness (QED) is 0.232. The summed E-state index contributed by atoms with van der Waals surface area (Å²) in [6.45, 7) is 1.18. The molecular formula is C27H28N2O5. The summed E-state index contributed by atoms with van der Waals surface area (Å²) >= 11 is 0. The van der Waals surface area contributed by atoms with Crippen LogP contribution in [0.1, 0.15) is 28.9 Å². The lowest BCUT2D eigenvalue weighted by Gasteiger charge is -2.15. The number of nitrogens with one attached hydrogen (secondary N) is 2. The Labute approximate surface area is 197 Å². The predicted molar refractivity (Wildman–Crippen MR) is 131 cm³/mol. The van der Waals surface area contributed by atoms with Crippen molar-refractivity contribution in [3.8, 4) is 11.5 Å². The highest BCUT2D eigenvalue weighted by atomic mass is 16.5. The number of aromatic nitrogens is 1. The predicted octanol–water partition coefficient (Wildman–Crippen LogP) is 3.21.